The van der Waals surface area contributed by atoms with Crippen LogP contribution in [0.2, 0.25) is 0 Å². The van der Waals surface area contributed by atoms with Gasteiger partial charge in [-0.05, 0) is 58.8 Å². The van der Waals surface area contributed by atoms with Gasteiger partial charge in [-0.1, -0.05) is 18.2 Å². The van der Waals surface area contributed by atoms with Crippen LogP contribution in [-0.2, 0) is 0 Å². The maximum absolute atomic E-state index is 6.19. The fraction of sp³-hybridized carbons (Fsp3) is 0.154. The molecule has 0 aliphatic carbocycles. The van der Waals surface area contributed by atoms with Crippen molar-refractivity contribution in [2.75, 3.05) is 0 Å². The van der Waals surface area contributed by atoms with Crippen molar-refractivity contribution in [1.82, 2.24) is 4.98 Å². The minimum atomic E-state index is -0.0946. The molecule has 0 saturated carbocycles. The van der Waals surface area contributed by atoms with E-state index in [1.54, 1.807) is 0 Å². The van der Waals surface area contributed by atoms with E-state index in [1.165, 1.54) is 3.57 Å². The first-order chi connectivity index (χ1) is 7.66. The van der Waals surface area contributed by atoms with Crippen molar-refractivity contribution in [3.05, 3.63) is 63.0 Å². The van der Waals surface area contributed by atoms with Gasteiger partial charge in [0, 0.05) is 15.5 Å². The highest BCUT2D eigenvalue weighted by Crippen LogP contribution is 2.20. The zero-order valence-corrected chi connectivity index (χ0v) is 11.2. The lowest BCUT2D eigenvalue weighted by molar-refractivity contribution is 0.859. The van der Waals surface area contributed by atoms with Crippen LogP contribution in [0.1, 0.15) is 22.9 Å². The molecule has 1 atom stereocenters. The summed E-state index contributed by atoms with van der Waals surface area (Å²) in [6, 6.07) is 12.2. The Morgan fingerprint density at radius 1 is 1.19 bits per heavy atom. The van der Waals surface area contributed by atoms with Gasteiger partial charge in [-0.25, -0.2) is 0 Å². The Kier molecular flexibility index (Phi) is 3.56. The molecule has 0 aliphatic heterocycles. The summed E-state index contributed by atoms with van der Waals surface area (Å²) in [5.41, 5.74) is 9.38. The summed E-state index contributed by atoms with van der Waals surface area (Å²) in [4.78, 5) is 4.27. The second-order valence-electron chi connectivity index (χ2n) is 3.77. The van der Waals surface area contributed by atoms with E-state index in [1.807, 2.05) is 37.4 Å². The zero-order chi connectivity index (χ0) is 11.5. The van der Waals surface area contributed by atoms with Crippen LogP contribution in [0.5, 0.6) is 0 Å². The van der Waals surface area contributed by atoms with Crippen molar-refractivity contribution in [1.29, 1.82) is 0 Å². The van der Waals surface area contributed by atoms with E-state index in [0.29, 0.717) is 0 Å². The minimum absolute atomic E-state index is 0.0946. The van der Waals surface area contributed by atoms with Crippen molar-refractivity contribution in [2.45, 2.75) is 13.0 Å². The quantitative estimate of drug-likeness (QED) is 0.863. The Morgan fingerprint density at radius 3 is 2.62 bits per heavy atom. The van der Waals surface area contributed by atoms with Crippen LogP contribution in [0.3, 0.4) is 0 Å². The summed E-state index contributed by atoms with van der Waals surface area (Å²) in [7, 11) is 0. The fourth-order valence-corrected chi connectivity index (χ4v) is 2.12. The lowest BCUT2D eigenvalue weighted by Crippen LogP contribution is -2.12. The van der Waals surface area contributed by atoms with E-state index in [0.717, 1.165) is 16.8 Å². The summed E-state index contributed by atoms with van der Waals surface area (Å²) >= 11 is 2.29. The second kappa shape index (κ2) is 4.93. The highest BCUT2D eigenvalue weighted by atomic mass is 127. The fourth-order valence-electron chi connectivity index (χ4n) is 1.56. The van der Waals surface area contributed by atoms with E-state index >= 15 is 0 Å². The molecule has 0 saturated heterocycles. The molecule has 1 unspecified atom stereocenters. The van der Waals surface area contributed by atoms with Gasteiger partial charge in [0.15, 0.2) is 0 Å². The van der Waals surface area contributed by atoms with Gasteiger partial charge in [0.1, 0.15) is 0 Å². The zero-order valence-electron chi connectivity index (χ0n) is 9.02. The smallest absolute Gasteiger partial charge is 0.0567 e. The van der Waals surface area contributed by atoms with Crippen LogP contribution in [0.25, 0.3) is 0 Å². The molecular weight excluding hydrogens is 311 g/mol. The Bertz CT molecular complexity index is 480. The lowest BCUT2D eigenvalue weighted by atomic mass is 10.0. The Balaban J connectivity index is 2.31. The average Bonchev–Trinajstić information content (AvgIpc) is 2.29. The molecule has 1 aromatic heterocycles. The molecule has 0 bridgehead atoms. The molecule has 0 amide bonds. The number of hydrogen-bond donors (Lipinski definition) is 1. The standard InChI is InChI=1S/C13H13IN2/c1-9-5-6-11(8-16-9)13(15)10-3-2-4-12(14)7-10/h2-8,13H,15H2,1H3. The normalized spacial score (nSPS) is 12.4. The average molecular weight is 324 g/mol. The summed E-state index contributed by atoms with van der Waals surface area (Å²) in [6.07, 6.45) is 1.85. The number of aryl methyl sites for hydroxylation is 1. The second-order valence-corrected chi connectivity index (χ2v) is 5.01. The number of aromatic nitrogens is 1. The minimum Gasteiger partial charge on any atom is -0.320 e. The van der Waals surface area contributed by atoms with Crippen molar-refractivity contribution in [3.63, 3.8) is 0 Å². The lowest BCUT2D eigenvalue weighted by Gasteiger charge is -2.12. The number of halogens is 1. The van der Waals surface area contributed by atoms with E-state index in [2.05, 4.69) is 39.7 Å². The van der Waals surface area contributed by atoms with Gasteiger partial charge in [-0.2, -0.15) is 0 Å². The molecule has 0 aliphatic rings. The van der Waals surface area contributed by atoms with Gasteiger partial charge in [-0.3, -0.25) is 4.98 Å². The number of rotatable bonds is 2. The summed E-state index contributed by atoms with van der Waals surface area (Å²) in [6.45, 7) is 1.97. The Morgan fingerprint density at radius 2 is 2.00 bits per heavy atom. The van der Waals surface area contributed by atoms with Crippen LogP contribution < -0.4 is 5.73 Å². The number of benzene rings is 1. The van der Waals surface area contributed by atoms with Crippen LogP contribution in [0, 0.1) is 10.5 Å². The first kappa shape index (κ1) is 11.5. The molecule has 2 rings (SSSR count). The Labute approximate surface area is 109 Å². The molecule has 16 heavy (non-hydrogen) atoms. The number of nitrogens with two attached hydrogens (primary N) is 1. The molecular formula is C13H13IN2. The van der Waals surface area contributed by atoms with E-state index in [-0.39, 0.29) is 6.04 Å². The maximum Gasteiger partial charge on any atom is 0.0567 e. The molecule has 2 nitrogen and oxygen atoms in total. The predicted octanol–water partition coefficient (Wildman–Crippen LogP) is 3.04. The van der Waals surface area contributed by atoms with Gasteiger partial charge in [0.25, 0.3) is 0 Å². The highest BCUT2D eigenvalue weighted by molar-refractivity contribution is 14.1. The third kappa shape index (κ3) is 2.59. The molecule has 3 heteroatoms. The molecule has 2 aromatic rings. The van der Waals surface area contributed by atoms with Crippen molar-refractivity contribution in [2.24, 2.45) is 5.73 Å². The SMILES string of the molecule is Cc1ccc(C(N)c2cccc(I)c2)cn1. The molecule has 82 valence electrons. The monoisotopic (exact) mass is 324 g/mol. The molecule has 0 radical (unpaired) electrons. The third-order valence-corrected chi connectivity index (χ3v) is 3.17. The van der Waals surface area contributed by atoms with Crippen LogP contribution in [0.15, 0.2) is 42.6 Å². The first-order valence-electron chi connectivity index (χ1n) is 5.10. The van der Waals surface area contributed by atoms with Gasteiger partial charge in [0.05, 0.1) is 6.04 Å². The summed E-state index contributed by atoms with van der Waals surface area (Å²) < 4.78 is 1.20. The van der Waals surface area contributed by atoms with Crippen LogP contribution >= 0.6 is 22.6 Å². The van der Waals surface area contributed by atoms with Crippen LogP contribution in [0.4, 0.5) is 0 Å². The maximum atomic E-state index is 6.19. The van der Waals surface area contributed by atoms with Gasteiger partial charge in [0.2, 0.25) is 0 Å². The first-order valence-corrected chi connectivity index (χ1v) is 6.18. The number of nitrogens with zero attached hydrogens (tertiary/aromatic N) is 1. The van der Waals surface area contributed by atoms with Crippen molar-refractivity contribution < 1.29 is 0 Å². The van der Waals surface area contributed by atoms with Gasteiger partial charge in [-0.15, -0.1) is 0 Å². The molecule has 1 heterocycles. The third-order valence-electron chi connectivity index (χ3n) is 2.50. The molecule has 2 N–H and O–H groups in total. The summed E-state index contributed by atoms with van der Waals surface area (Å²) in [5, 5.41) is 0. The van der Waals surface area contributed by atoms with Gasteiger partial charge < -0.3 is 5.73 Å². The number of hydrogen-bond acceptors (Lipinski definition) is 2. The Hall–Kier alpha value is -0.940. The highest BCUT2D eigenvalue weighted by Gasteiger charge is 2.08. The van der Waals surface area contributed by atoms with Crippen molar-refractivity contribution in [3.8, 4) is 0 Å². The predicted molar refractivity (Wildman–Crippen MR) is 74.2 cm³/mol. The molecule has 0 fully saturated rings. The van der Waals surface area contributed by atoms with E-state index < -0.39 is 0 Å². The summed E-state index contributed by atoms with van der Waals surface area (Å²) in [5.74, 6) is 0. The van der Waals surface area contributed by atoms with E-state index in [9.17, 15) is 0 Å². The van der Waals surface area contributed by atoms with E-state index in [4.69, 9.17) is 5.73 Å². The topological polar surface area (TPSA) is 38.9 Å². The number of pyridine rings is 1. The van der Waals surface area contributed by atoms with Crippen LogP contribution in [-0.4, -0.2) is 4.98 Å². The van der Waals surface area contributed by atoms with Crippen molar-refractivity contribution >= 4 is 22.6 Å². The molecule has 0 spiro atoms. The largest absolute Gasteiger partial charge is 0.320 e. The van der Waals surface area contributed by atoms with Gasteiger partial charge >= 0.3 is 0 Å². The molecule has 1 aromatic carbocycles.